The lowest BCUT2D eigenvalue weighted by Crippen LogP contribution is -2.15. The summed E-state index contributed by atoms with van der Waals surface area (Å²) in [6.45, 7) is 10.1. The fourth-order valence-electron chi connectivity index (χ4n) is 2.37. The van der Waals surface area contributed by atoms with Crippen molar-refractivity contribution in [3.05, 3.63) is 42.7 Å². The topological polar surface area (TPSA) is 30.5 Å². The molecule has 0 saturated carbocycles. The van der Waals surface area contributed by atoms with Crippen LogP contribution >= 0.6 is 0 Å². The third kappa shape index (κ3) is 5.14. The minimum absolute atomic E-state index is 0.231. The molecule has 0 heterocycles. The van der Waals surface area contributed by atoms with Crippen molar-refractivity contribution < 1.29 is 9.47 Å². The predicted octanol–water partition coefficient (Wildman–Crippen LogP) is 5.14. The van der Waals surface area contributed by atoms with Gasteiger partial charge in [0.1, 0.15) is 0 Å². The van der Waals surface area contributed by atoms with Gasteiger partial charge in [-0.2, -0.15) is 0 Å². The summed E-state index contributed by atoms with van der Waals surface area (Å²) in [6, 6.07) is 6.10. The molecule has 0 spiro atoms. The summed E-state index contributed by atoms with van der Waals surface area (Å²) in [4.78, 5) is 0. The minimum atomic E-state index is 0.231. The Bertz CT molecular complexity index is 494. The number of allylic oxidation sites excluding steroid dienone is 1. The van der Waals surface area contributed by atoms with Gasteiger partial charge in [-0.1, -0.05) is 39.8 Å². The van der Waals surface area contributed by atoms with Crippen molar-refractivity contribution in [2.75, 3.05) is 7.11 Å². The van der Waals surface area contributed by atoms with Crippen LogP contribution in [-0.4, -0.2) is 13.2 Å². The molecule has 0 amide bonds. The van der Waals surface area contributed by atoms with Gasteiger partial charge in [0.25, 0.3) is 0 Å². The molecule has 0 aliphatic carbocycles. The molecule has 0 aliphatic heterocycles. The van der Waals surface area contributed by atoms with Crippen LogP contribution in [0.2, 0.25) is 0 Å². The van der Waals surface area contributed by atoms with Gasteiger partial charge < -0.3 is 14.8 Å². The zero-order chi connectivity index (χ0) is 16.4. The molecular formula is C19H29NO2. The maximum atomic E-state index is 6.17. The van der Waals surface area contributed by atoms with Gasteiger partial charge in [0.05, 0.1) is 13.2 Å². The first-order valence-corrected chi connectivity index (χ1v) is 8.11. The Labute approximate surface area is 135 Å². The molecular weight excluding hydrogens is 274 g/mol. The molecule has 0 aromatic heterocycles. The number of methoxy groups -OCH3 is 1. The summed E-state index contributed by atoms with van der Waals surface area (Å²) in [5, 5.41) is 3.05. The van der Waals surface area contributed by atoms with E-state index < -0.39 is 0 Å². The summed E-state index contributed by atoms with van der Waals surface area (Å²) >= 11 is 0. The molecule has 0 saturated heterocycles. The number of hydrogen-bond acceptors (Lipinski definition) is 3. The van der Waals surface area contributed by atoms with E-state index in [9.17, 15) is 0 Å². The highest BCUT2D eigenvalue weighted by molar-refractivity contribution is 5.67. The van der Waals surface area contributed by atoms with Crippen molar-refractivity contribution in [2.45, 2.75) is 52.6 Å². The summed E-state index contributed by atoms with van der Waals surface area (Å²) in [5.41, 5.74) is 2.34. The molecule has 0 bridgehead atoms. The quantitative estimate of drug-likeness (QED) is 0.649. The Hall–Kier alpha value is -1.90. The first-order valence-electron chi connectivity index (χ1n) is 8.11. The summed E-state index contributed by atoms with van der Waals surface area (Å²) in [7, 11) is 1.68. The normalized spacial score (nSPS) is 12.6. The average molecular weight is 303 g/mol. The van der Waals surface area contributed by atoms with Gasteiger partial charge in [-0.3, -0.25) is 0 Å². The minimum Gasteiger partial charge on any atom is -0.493 e. The van der Waals surface area contributed by atoms with Crippen molar-refractivity contribution >= 4 is 5.57 Å². The molecule has 22 heavy (non-hydrogen) atoms. The van der Waals surface area contributed by atoms with Gasteiger partial charge >= 0.3 is 0 Å². The van der Waals surface area contributed by atoms with Gasteiger partial charge in [-0.05, 0) is 48.7 Å². The lowest BCUT2D eigenvalue weighted by molar-refractivity contribution is 0.178. The molecule has 0 aliphatic rings. The fraction of sp³-hybridized carbons (Fsp3) is 0.474. The number of ether oxygens (including phenoxy) is 2. The molecule has 0 fully saturated rings. The molecule has 1 atom stereocenters. The van der Waals surface area contributed by atoms with Crippen LogP contribution in [0.1, 0.15) is 52.0 Å². The van der Waals surface area contributed by atoms with Crippen LogP contribution in [0.3, 0.4) is 0 Å². The SMILES string of the molecule is C=CN/C=C(\CC)c1ccc(OC)c(OC(CC)CCC)c1. The van der Waals surface area contributed by atoms with Crippen LogP contribution in [-0.2, 0) is 0 Å². The Morgan fingerprint density at radius 2 is 2.05 bits per heavy atom. The van der Waals surface area contributed by atoms with E-state index in [4.69, 9.17) is 9.47 Å². The largest absolute Gasteiger partial charge is 0.493 e. The number of nitrogens with one attached hydrogen (secondary N) is 1. The van der Waals surface area contributed by atoms with Gasteiger partial charge in [0, 0.05) is 6.20 Å². The van der Waals surface area contributed by atoms with Gasteiger partial charge in [-0.25, -0.2) is 0 Å². The molecule has 0 radical (unpaired) electrons. The highest BCUT2D eigenvalue weighted by Crippen LogP contribution is 2.33. The number of benzene rings is 1. The molecule has 3 nitrogen and oxygen atoms in total. The van der Waals surface area contributed by atoms with Crippen molar-refractivity contribution in [1.82, 2.24) is 5.32 Å². The Morgan fingerprint density at radius 3 is 2.59 bits per heavy atom. The van der Waals surface area contributed by atoms with Crippen LogP contribution in [0.15, 0.2) is 37.2 Å². The molecule has 3 heteroatoms. The predicted molar refractivity (Wildman–Crippen MR) is 94.2 cm³/mol. The molecule has 1 aromatic carbocycles. The smallest absolute Gasteiger partial charge is 0.162 e. The molecule has 122 valence electrons. The summed E-state index contributed by atoms with van der Waals surface area (Å²) in [5.74, 6) is 1.60. The summed E-state index contributed by atoms with van der Waals surface area (Å²) < 4.78 is 11.6. The zero-order valence-electron chi connectivity index (χ0n) is 14.3. The molecule has 1 N–H and O–H groups in total. The van der Waals surface area contributed by atoms with E-state index in [1.54, 1.807) is 13.3 Å². The van der Waals surface area contributed by atoms with E-state index in [2.05, 4.69) is 44.8 Å². The second kappa shape index (κ2) is 9.93. The van der Waals surface area contributed by atoms with Crippen LogP contribution in [0, 0.1) is 0 Å². The van der Waals surface area contributed by atoms with Crippen molar-refractivity contribution in [3.8, 4) is 11.5 Å². The lowest BCUT2D eigenvalue weighted by Gasteiger charge is -2.20. The fourth-order valence-corrected chi connectivity index (χ4v) is 2.37. The van der Waals surface area contributed by atoms with Gasteiger partial charge in [0.15, 0.2) is 11.5 Å². The van der Waals surface area contributed by atoms with E-state index >= 15 is 0 Å². The second-order valence-electron chi connectivity index (χ2n) is 5.20. The molecule has 1 rings (SSSR count). The van der Waals surface area contributed by atoms with E-state index in [1.165, 1.54) is 5.57 Å². The Morgan fingerprint density at radius 1 is 1.27 bits per heavy atom. The maximum absolute atomic E-state index is 6.17. The van der Waals surface area contributed by atoms with Crippen LogP contribution < -0.4 is 14.8 Å². The van der Waals surface area contributed by atoms with E-state index in [0.717, 1.165) is 42.7 Å². The highest BCUT2D eigenvalue weighted by Gasteiger charge is 2.13. The Kier molecular flexibility index (Phi) is 8.19. The first kappa shape index (κ1) is 18.1. The zero-order valence-corrected chi connectivity index (χ0v) is 14.3. The van der Waals surface area contributed by atoms with Crippen LogP contribution in [0.4, 0.5) is 0 Å². The van der Waals surface area contributed by atoms with E-state index in [1.807, 2.05) is 12.3 Å². The molecule has 1 aromatic rings. The van der Waals surface area contributed by atoms with Crippen LogP contribution in [0.25, 0.3) is 5.57 Å². The van der Waals surface area contributed by atoms with E-state index in [0.29, 0.717) is 0 Å². The Balaban J connectivity index is 3.08. The van der Waals surface area contributed by atoms with Gasteiger partial charge in [0.2, 0.25) is 0 Å². The second-order valence-corrected chi connectivity index (χ2v) is 5.20. The third-order valence-corrected chi connectivity index (χ3v) is 3.65. The van der Waals surface area contributed by atoms with Crippen molar-refractivity contribution in [3.63, 3.8) is 0 Å². The molecule has 1 unspecified atom stereocenters. The van der Waals surface area contributed by atoms with Crippen LogP contribution in [0.5, 0.6) is 11.5 Å². The number of rotatable bonds is 10. The monoisotopic (exact) mass is 303 g/mol. The summed E-state index contributed by atoms with van der Waals surface area (Å²) in [6.07, 6.45) is 7.97. The average Bonchev–Trinajstić information content (AvgIpc) is 2.55. The highest BCUT2D eigenvalue weighted by atomic mass is 16.5. The van der Waals surface area contributed by atoms with E-state index in [-0.39, 0.29) is 6.10 Å². The lowest BCUT2D eigenvalue weighted by atomic mass is 10.0. The van der Waals surface area contributed by atoms with Crippen molar-refractivity contribution in [1.29, 1.82) is 0 Å². The third-order valence-electron chi connectivity index (χ3n) is 3.65. The maximum Gasteiger partial charge on any atom is 0.162 e. The first-order chi connectivity index (χ1) is 10.7. The van der Waals surface area contributed by atoms with Gasteiger partial charge in [-0.15, -0.1) is 0 Å². The number of hydrogen-bond donors (Lipinski definition) is 1. The standard InChI is InChI=1S/C19H29NO2/c1-6-10-17(8-3)22-19-13-16(11-12-18(19)21-5)15(7-2)14-20-9-4/h9,11-14,17,20H,4,6-8,10H2,1-3,5H3/b15-14+. The van der Waals surface area contributed by atoms with Crippen molar-refractivity contribution in [2.24, 2.45) is 0 Å².